The fraction of sp³-hybridized carbons (Fsp3) is 0.364. The summed E-state index contributed by atoms with van der Waals surface area (Å²) >= 11 is 0. The lowest BCUT2D eigenvalue weighted by Gasteiger charge is -2.18. The van der Waals surface area contributed by atoms with Crippen LogP contribution < -0.4 is 4.90 Å². The van der Waals surface area contributed by atoms with Crippen molar-refractivity contribution < 1.29 is 8.78 Å². The van der Waals surface area contributed by atoms with E-state index in [2.05, 4.69) is 15.0 Å². The van der Waals surface area contributed by atoms with E-state index in [1.807, 2.05) is 0 Å². The van der Waals surface area contributed by atoms with Gasteiger partial charge < -0.3 is 4.90 Å². The fourth-order valence-corrected chi connectivity index (χ4v) is 2.06. The molecule has 3 heterocycles. The zero-order valence-electron chi connectivity index (χ0n) is 8.98. The van der Waals surface area contributed by atoms with E-state index >= 15 is 0 Å². The Balaban J connectivity index is 2.06. The molecule has 0 spiro atoms. The molecule has 0 aliphatic carbocycles. The molecule has 0 N–H and O–H groups in total. The molecule has 0 unspecified atom stereocenters. The summed E-state index contributed by atoms with van der Waals surface area (Å²) in [4.78, 5) is 13.7. The first-order valence-corrected chi connectivity index (χ1v) is 5.33. The summed E-state index contributed by atoms with van der Waals surface area (Å²) in [6.07, 6.45) is 4.48. The van der Waals surface area contributed by atoms with E-state index in [0.717, 1.165) is 5.39 Å². The molecule has 2 aromatic rings. The molecule has 1 aliphatic heterocycles. The second-order valence-corrected chi connectivity index (χ2v) is 4.12. The lowest BCUT2D eigenvalue weighted by molar-refractivity contribution is 0.0257. The standard InChI is InChI=1S/C11H10F2N4/c12-11(13)2-4-17(6-11)10-8-1-3-14-5-9(8)15-7-16-10/h1,3,5,7H,2,4,6H2. The van der Waals surface area contributed by atoms with Gasteiger partial charge in [-0.25, -0.2) is 18.7 Å². The van der Waals surface area contributed by atoms with Gasteiger partial charge in [-0.1, -0.05) is 0 Å². The van der Waals surface area contributed by atoms with Crippen LogP contribution in [0.15, 0.2) is 24.8 Å². The zero-order valence-corrected chi connectivity index (χ0v) is 8.98. The quantitative estimate of drug-likeness (QED) is 0.758. The topological polar surface area (TPSA) is 41.9 Å². The molecular weight excluding hydrogens is 226 g/mol. The second-order valence-electron chi connectivity index (χ2n) is 4.12. The Labute approximate surface area is 96.3 Å². The highest BCUT2D eigenvalue weighted by atomic mass is 19.3. The van der Waals surface area contributed by atoms with Crippen molar-refractivity contribution in [2.24, 2.45) is 0 Å². The third kappa shape index (κ3) is 1.79. The molecule has 4 nitrogen and oxygen atoms in total. The van der Waals surface area contributed by atoms with Crippen LogP contribution in [-0.4, -0.2) is 34.0 Å². The Morgan fingerprint density at radius 3 is 2.94 bits per heavy atom. The number of rotatable bonds is 1. The molecule has 17 heavy (non-hydrogen) atoms. The molecule has 0 radical (unpaired) electrons. The minimum Gasteiger partial charge on any atom is -0.350 e. The Kier molecular flexibility index (Phi) is 2.17. The van der Waals surface area contributed by atoms with Gasteiger partial charge in [0.15, 0.2) is 0 Å². The first-order chi connectivity index (χ1) is 8.16. The highest BCUT2D eigenvalue weighted by Gasteiger charge is 2.39. The number of nitrogens with zero attached hydrogens (tertiary/aromatic N) is 4. The number of hydrogen-bond donors (Lipinski definition) is 0. The molecular formula is C11H10F2N4. The predicted molar refractivity (Wildman–Crippen MR) is 59.1 cm³/mol. The van der Waals surface area contributed by atoms with Crippen LogP contribution in [-0.2, 0) is 0 Å². The van der Waals surface area contributed by atoms with Crippen molar-refractivity contribution in [1.82, 2.24) is 15.0 Å². The van der Waals surface area contributed by atoms with Gasteiger partial charge in [0.2, 0.25) is 0 Å². The molecule has 88 valence electrons. The number of pyridine rings is 1. The van der Waals surface area contributed by atoms with Crippen molar-refractivity contribution >= 4 is 16.7 Å². The third-order valence-electron chi connectivity index (χ3n) is 2.89. The molecule has 2 aromatic heterocycles. The second kappa shape index (κ2) is 3.58. The maximum absolute atomic E-state index is 13.2. The predicted octanol–water partition coefficient (Wildman–Crippen LogP) is 1.87. The average Bonchev–Trinajstić information content (AvgIpc) is 2.69. The largest absolute Gasteiger partial charge is 0.350 e. The maximum atomic E-state index is 13.2. The molecule has 0 saturated carbocycles. The van der Waals surface area contributed by atoms with E-state index in [-0.39, 0.29) is 13.0 Å². The van der Waals surface area contributed by atoms with Crippen LogP contribution in [0.25, 0.3) is 10.9 Å². The van der Waals surface area contributed by atoms with Gasteiger partial charge in [-0.3, -0.25) is 4.98 Å². The SMILES string of the molecule is FC1(F)CCN(c2ncnc3cnccc23)C1. The molecule has 3 rings (SSSR count). The monoisotopic (exact) mass is 236 g/mol. The lowest BCUT2D eigenvalue weighted by atomic mass is 10.3. The summed E-state index contributed by atoms with van der Waals surface area (Å²) in [7, 11) is 0. The van der Waals surface area contributed by atoms with Crippen molar-refractivity contribution in [3.8, 4) is 0 Å². The van der Waals surface area contributed by atoms with Gasteiger partial charge in [0.05, 0.1) is 18.3 Å². The molecule has 1 aliphatic rings. The fourth-order valence-electron chi connectivity index (χ4n) is 2.06. The van der Waals surface area contributed by atoms with E-state index in [0.29, 0.717) is 17.9 Å². The summed E-state index contributed by atoms with van der Waals surface area (Å²) < 4.78 is 26.4. The van der Waals surface area contributed by atoms with Crippen molar-refractivity contribution in [2.45, 2.75) is 12.3 Å². The van der Waals surface area contributed by atoms with Crippen LogP contribution in [0, 0.1) is 0 Å². The third-order valence-corrected chi connectivity index (χ3v) is 2.89. The van der Waals surface area contributed by atoms with Crippen LogP contribution in [0.1, 0.15) is 6.42 Å². The van der Waals surface area contributed by atoms with Crippen molar-refractivity contribution in [1.29, 1.82) is 0 Å². The minimum atomic E-state index is -2.62. The summed E-state index contributed by atoms with van der Waals surface area (Å²) in [5.74, 6) is -2.06. The molecule has 0 bridgehead atoms. The Bertz CT molecular complexity index is 553. The maximum Gasteiger partial charge on any atom is 0.266 e. The molecule has 6 heteroatoms. The minimum absolute atomic E-state index is 0.121. The smallest absolute Gasteiger partial charge is 0.266 e. The molecule has 0 aromatic carbocycles. The van der Waals surface area contributed by atoms with E-state index < -0.39 is 5.92 Å². The highest BCUT2D eigenvalue weighted by Crippen LogP contribution is 2.32. The first kappa shape index (κ1) is 10.3. The number of hydrogen-bond acceptors (Lipinski definition) is 4. The van der Waals surface area contributed by atoms with Gasteiger partial charge in [-0.15, -0.1) is 0 Å². The molecule has 1 fully saturated rings. The van der Waals surface area contributed by atoms with Crippen LogP contribution in [0.4, 0.5) is 14.6 Å². The Morgan fingerprint density at radius 2 is 2.18 bits per heavy atom. The van der Waals surface area contributed by atoms with Crippen LogP contribution in [0.2, 0.25) is 0 Å². The van der Waals surface area contributed by atoms with Crippen LogP contribution >= 0.6 is 0 Å². The van der Waals surface area contributed by atoms with Crippen molar-refractivity contribution in [2.75, 3.05) is 18.0 Å². The van der Waals surface area contributed by atoms with Gasteiger partial charge in [0.25, 0.3) is 5.92 Å². The van der Waals surface area contributed by atoms with Gasteiger partial charge in [-0.05, 0) is 6.07 Å². The first-order valence-electron chi connectivity index (χ1n) is 5.33. The molecule has 0 atom stereocenters. The highest BCUT2D eigenvalue weighted by molar-refractivity contribution is 5.88. The summed E-state index contributed by atoms with van der Waals surface area (Å²) in [5, 5.41) is 0.764. The number of anilines is 1. The van der Waals surface area contributed by atoms with E-state index in [9.17, 15) is 8.78 Å². The van der Waals surface area contributed by atoms with Gasteiger partial charge in [0, 0.05) is 24.5 Å². The van der Waals surface area contributed by atoms with Gasteiger partial charge in [0.1, 0.15) is 12.1 Å². The molecule has 0 amide bonds. The van der Waals surface area contributed by atoms with Crippen molar-refractivity contribution in [3.05, 3.63) is 24.8 Å². The zero-order chi connectivity index (χ0) is 11.9. The number of aromatic nitrogens is 3. The summed E-state index contributed by atoms with van der Waals surface area (Å²) in [6, 6.07) is 1.75. The Hall–Kier alpha value is -1.85. The number of fused-ring (bicyclic) bond motifs is 1. The van der Waals surface area contributed by atoms with Crippen molar-refractivity contribution in [3.63, 3.8) is 0 Å². The number of halogens is 2. The van der Waals surface area contributed by atoms with E-state index in [1.165, 1.54) is 6.33 Å². The van der Waals surface area contributed by atoms with Gasteiger partial charge in [-0.2, -0.15) is 0 Å². The van der Waals surface area contributed by atoms with Gasteiger partial charge >= 0.3 is 0 Å². The van der Waals surface area contributed by atoms with Crippen LogP contribution in [0.5, 0.6) is 0 Å². The van der Waals surface area contributed by atoms with E-state index in [1.54, 1.807) is 23.4 Å². The van der Waals surface area contributed by atoms with E-state index in [4.69, 9.17) is 0 Å². The summed E-state index contributed by atoms with van der Waals surface area (Å²) in [5.41, 5.74) is 0.674. The average molecular weight is 236 g/mol. The normalized spacial score (nSPS) is 18.8. The Morgan fingerprint density at radius 1 is 1.29 bits per heavy atom. The lowest BCUT2D eigenvalue weighted by Crippen LogP contribution is -2.25. The summed E-state index contributed by atoms with van der Waals surface area (Å²) in [6.45, 7) is 0.0445. The number of alkyl halides is 2. The molecule has 1 saturated heterocycles. The van der Waals surface area contributed by atoms with Crippen LogP contribution in [0.3, 0.4) is 0 Å².